The summed E-state index contributed by atoms with van der Waals surface area (Å²) in [5.41, 5.74) is 1.47. The molecule has 0 aromatic rings. The van der Waals surface area contributed by atoms with Crippen LogP contribution in [-0.2, 0) is 0 Å². The standard InChI is InChI=1S/C13H29NSi/c1-7-11-15(5,6)12-10-13(4)14(8-2)9-3/h10H,7-9,11-12H2,1-6H3/b13-10-. The van der Waals surface area contributed by atoms with Crippen LogP contribution in [0.1, 0.15) is 34.1 Å². The van der Waals surface area contributed by atoms with E-state index in [9.17, 15) is 0 Å². The first-order chi connectivity index (χ1) is 6.96. The van der Waals surface area contributed by atoms with Crippen molar-refractivity contribution in [3.63, 3.8) is 0 Å². The molecule has 0 N–H and O–H groups in total. The Labute approximate surface area is 97.6 Å². The Kier molecular flexibility index (Phi) is 6.99. The second-order valence-electron chi connectivity index (χ2n) is 5.14. The van der Waals surface area contributed by atoms with Crippen molar-refractivity contribution >= 4 is 8.07 Å². The molecule has 0 heterocycles. The Balaban J connectivity index is 4.25. The molecular formula is C13H29NSi. The lowest BCUT2D eigenvalue weighted by Crippen LogP contribution is -2.25. The summed E-state index contributed by atoms with van der Waals surface area (Å²) in [7, 11) is -0.941. The van der Waals surface area contributed by atoms with Crippen LogP contribution < -0.4 is 0 Å². The Morgan fingerprint density at radius 3 is 2.07 bits per heavy atom. The Morgan fingerprint density at radius 2 is 1.67 bits per heavy atom. The molecule has 90 valence electrons. The fraction of sp³-hybridized carbons (Fsp3) is 0.846. The van der Waals surface area contributed by atoms with Crippen LogP contribution in [0.3, 0.4) is 0 Å². The van der Waals surface area contributed by atoms with Gasteiger partial charge in [0.1, 0.15) is 0 Å². The minimum Gasteiger partial charge on any atom is -0.376 e. The highest BCUT2D eigenvalue weighted by Crippen LogP contribution is 2.19. The van der Waals surface area contributed by atoms with Gasteiger partial charge >= 0.3 is 0 Å². The number of hydrogen-bond donors (Lipinski definition) is 0. The summed E-state index contributed by atoms with van der Waals surface area (Å²) in [6.07, 6.45) is 3.81. The van der Waals surface area contributed by atoms with Gasteiger partial charge in [-0.3, -0.25) is 0 Å². The zero-order valence-corrected chi connectivity index (χ0v) is 12.6. The molecule has 0 aromatic carbocycles. The molecule has 15 heavy (non-hydrogen) atoms. The minimum absolute atomic E-state index is 0.941. The van der Waals surface area contributed by atoms with Gasteiger partial charge in [-0.1, -0.05) is 38.6 Å². The van der Waals surface area contributed by atoms with Crippen LogP contribution >= 0.6 is 0 Å². The van der Waals surface area contributed by atoms with Crippen LogP contribution in [0.25, 0.3) is 0 Å². The van der Waals surface area contributed by atoms with E-state index in [-0.39, 0.29) is 0 Å². The van der Waals surface area contributed by atoms with Gasteiger partial charge in [0, 0.05) is 18.8 Å². The molecule has 0 rings (SSSR count). The van der Waals surface area contributed by atoms with Crippen molar-refractivity contribution in [2.45, 2.75) is 59.3 Å². The van der Waals surface area contributed by atoms with E-state index in [1.807, 2.05) is 0 Å². The van der Waals surface area contributed by atoms with Gasteiger partial charge < -0.3 is 4.90 Å². The Bertz CT molecular complexity index is 193. The van der Waals surface area contributed by atoms with Gasteiger partial charge in [0.15, 0.2) is 0 Å². The van der Waals surface area contributed by atoms with Gasteiger partial charge in [-0.05, 0) is 26.8 Å². The van der Waals surface area contributed by atoms with E-state index >= 15 is 0 Å². The lowest BCUT2D eigenvalue weighted by molar-refractivity contribution is 0.383. The third-order valence-corrected chi connectivity index (χ3v) is 6.30. The van der Waals surface area contributed by atoms with Crippen LogP contribution in [0, 0.1) is 0 Å². The average Bonchev–Trinajstić information content (AvgIpc) is 2.17. The number of rotatable bonds is 7. The fourth-order valence-electron chi connectivity index (χ4n) is 2.05. The lowest BCUT2D eigenvalue weighted by Gasteiger charge is -2.24. The predicted octanol–water partition coefficient (Wildman–Crippen LogP) is 4.35. The van der Waals surface area contributed by atoms with Crippen LogP contribution in [-0.4, -0.2) is 26.1 Å². The maximum Gasteiger partial charge on any atom is 0.0511 e. The molecule has 0 aliphatic rings. The molecule has 0 fully saturated rings. The highest BCUT2D eigenvalue weighted by Gasteiger charge is 2.17. The highest BCUT2D eigenvalue weighted by molar-refractivity contribution is 6.77. The molecular weight excluding hydrogens is 198 g/mol. The summed E-state index contributed by atoms with van der Waals surface area (Å²) >= 11 is 0. The summed E-state index contributed by atoms with van der Waals surface area (Å²) in [5.74, 6) is 0. The Morgan fingerprint density at radius 1 is 1.13 bits per heavy atom. The third kappa shape index (κ3) is 6.03. The van der Waals surface area contributed by atoms with Gasteiger partial charge in [-0.25, -0.2) is 0 Å². The normalized spacial score (nSPS) is 13.1. The van der Waals surface area contributed by atoms with Gasteiger partial charge in [-0.15, -0.1) is 0 Å². The molecule has 0 unspecified atom stereocenters. The SMILES string of the molecule is CCC[Si](C)(C)C/C=C(/C)N(CC)CC. The van der Waals surface area contributed by atoms with Crippen LogP contribution in [0.15, 0.2) is 11.8 Å². The second kappa shape index (κ2) is 7.10. The molecule has 0 amide bonds. The molecule has 1 nitrogen and oxygen atoms in total. The molecule has 0 spiro atoms. The third-order valence-electron chi connectivity index (χ3n) is 3.14. The summed E-state index contributed by atoms with van der Waals surface area (Å²) in [6, 6.07) is 2.79. The van der Waals surface area contributed by atoms with Crippen molar-refractivity contribution in [3.05, 3.63) is 11.8 Å². The Hall–Kier alpha value is -0.243. The van der Waals surface area contributed by atoms with E-state index < -0.39 is 8.07 Å². The largest absolute Gasteiger partial charge is 0.376 e. The van der Waals surface area contributed by atoms with Crippen molar-refractivity contribution in [1.82, 2.24) is 4.90 Å². The average molecular weight is 227 g/mol. The molecule has 0 atom stereocenters. The van der Waals surface area contributed by atoms with E-state index in [2.05, 4.69) is 51.8 Å². The van der Waals surface area contributed by atoms with E-state index in [4.69, 9.17) is 0 Å². The van der Waals surface area contributed by atoms with Gasteiger partial charge in [0.25, 0.3) is 0 Å². The first kappa shape index (κ1) is 14.8. The van der Waals surface area contributed by atoms with Crippen molar-refractivity contribution in [1.29, 1.82) is 0 Å². The van der Waals surface area contributed by atoms with Crippen LogP contribution in [0.4, 0.5) is 0 Å². The van der Waals surface area contributed by atoms with Crippen LogP contribution in [0.5, 0.6) is 0 Å². The minimum atomic E-state index is -0.941. The molecule has 0 bridgehead atoms. The first-order valence-electron chi connectivity index (χ1n) is 6.38. The van der Waals surface area contributed by atoms with Crippen LogP contribution in [0.2, 0.25) is 25.2 Å². The fourth-order valence-corrected chi connectivity index (χ4v) is 4.46. The van der Waals surface area contributed by atoms with Crippen molar-refractivity contribution in [2.24, 2.45) is 0 Å². The molecule has 2 heteroatoms. The number of hydrogen-bond acceptors (Lipinski definition) is 1. The lowest BCUT2D eigenvalue weighted by atomic mass is 10.4. The number of allylic oxidation sites excluding steroid dienone is 2. The highest BCUT2D eigenvalue weighted by atomic mass is 28.3. The quantitative estimate of drug-likeness (QED) is 0.585. The summed E-state index contributed by atoms with van der Waals surface area (Å²) in [6.45, 7) is 16.3. The van der Waals surface area contributed by atoms with E-state index in [1.54, 1.807) is 0 Å². The van der Waals surface area contributed by atoms with Crippen molar-refractivity contribution in [2.75, 3.05) is 13.1 Å². The first-order valence-corrected chi connectivity index (χ1v) is 9.80. The maximum absolute atomic E-state index is 2.50. The summed E-state index contributed by atoms with van der Waals surface area (Å²) in [5, 5.41) is 0. The molecule has 0 saturated carbocycles. The van der Waals surface area contributed by atoms with Gasteiger partial charge in [0.2, 0.25) is 0 Å². The molecule has 0 aromatic heterocycles. The number of nitrogens with zero attached hydrogens (tertiary/aromatic N) is 1. The monoisotopic (exact) mass is 227 g/mol. The predicted molar refractivity (Wildman–Crippen MR) is 74.1 cm³/mol. The molecule has 0 aliphatic heterocycles. The smallest absolute Gasteiger partial charge is 0.0511 e. The van der Waals surface area contributed by atoms with Gasteiger partial charge in [0.05, 0.1) is 8.07 Å². The molecule has 0 saturated heterocycles. The maximum atomic E-state index is 2.50. The van der Waals surface area contributed by atoms with Crippen molar-refractivity contribution < 1.29 is 0 Å². The van der Waals surface area contributed by atoms with Gasteiger partial charge in [-0.2, -0.15) is 0 Å². The van der Waals surface area contributed by atoms with E-state index in [1.165, 1.54) is 24.2 Å². The summed E-state index contributed by atoms with van der Waals surface area (Å²) < 4.78 is 0. The van der Waals surface area contributed by atoms with Crippen molar-refractivity contribution in [3.8, 4) is 0 Å². The molecule has 0 aliphatic carbocycles. The topological polar surface area (TPSA) is 3.24 Å². The zero-order chi connectivity index (χ0) is 11.9. The van der Waals surface area contributed by atoms with E-state index in [0.29, 0.717) is 0 Å². The molecule has 0 radical (unpaired) electrons. The summed E-state index contributed by atoms with van der Waals surface area (Å²) in [4.78, 5) is 2.44. The zero-order valence-electron chi connectivity index (χ0n) is 11.6. The second-order valence-corrected chi connectivity index (χ2v) is 10.4. The van der Waals surface area contributed by atoms with E-state index in [0.717, 1.165) is 13.1 Å².